The highest BCUT2D eigenvalue weighted by atomic mass is 14.9. The third-order valence-corrected chi connectivity index (χ3v) is 2.24. The molecule has 0 N–H and O–H groups in total. The first-order chi connectivity index (χ1) is 6.18. The average molecular weight is 173 g/mol. The third kappa shape index (κ3) is 1.26. The lowest BCUT2D eigenvalue weighted by atomic mass is 10.2. The molecular weight excluding hydrogens is 162 g/mol. The lowest BCUT2D eigenvalue weighted by molar-refractivity contribution is 1.10. The molecule has 0 aliphatic carbocycles. The molecule has 0 saturated carbocycles. The van der Waals surface area contributed by atoms with E-state index in [0.717, 1.165) is 22.4 Å². The van der Waals surface area contributed by atoms with E-state index >= 15 is 0 Å². The van der Waals surface area contributed by atoms with Gasteiger partial charge >= 0.3 is 0 Å². The fourth-order valence-electron chi connectivity index (χ4n) is 1.29. The first-order valence-corrected chi connectivity index (χ1v) is 4.24. The Morgan fingerprint density at radius 1 is 1.00 bits per heavy atom. The minimum absolute atomic E-state index is 0.908. The van der Waals surface area contributed by atoms with Crippen LogP contribution in [0.4, 0.5) is 0 Å². The number of hydrogen-bond acceptors (Lipinski definition) is 3. The minimum atomic E-state index is 0.908. The summed E-state index contributed by atoms with van der Waals surface area (Å²) < 4.78 is 0. The van der Waals surface area contributed by atoms with Gasteiger partial charge in [-0.1, -0.05) is 0 Å². The lowest BCUT2D eigenvalue weighted by Gasteiger charge is -2.03. The third-order valence-electron chi connectivity index (χ3n) is 2.24. The molecule has 66 valence electrons. The van der Waals surface area contributed by atoms with Crippen LogP contribution in [-0.2, 0) is 0 Å². The van der Waals surface area contributed by atoms with Crippen LogP contribution >= 0.6 is 0 Å². The predicted molar refractivity (Wildman–Crippen MR) is 51.5 cm³/mol. The van der Waals surface area contributed by atoms with Crippen molar-refractivity contribution in [3.63, 3.8) is 0 Å². The van der Waals surface area contributed by atoms with Gasteiger partial charge in [-0.15, -0.1) is 0 Å². The molecule has 0 saturated heterocycles. The topological polar surface area (TPSA) is 38.7 Å². The normalized spacial score (nSPS) is 10.7. The molecule has 2 aromatic heterocycles. The number of nitrogens with zero attached hydrogens (tertiary/aromatic N) is 3. The van der Waals surface area contributed by atoms with Gasteiger partial charge in [-0.2, -0.15) is 0 Å². The summed E-state index contributed by atoms with van der Waals surface area (Å²) in [5, 5.41) is 0. The number of fused-ring (bicyclic) bond motifs is 1. The standard InChI is InChI=1S/C10H11N3/c1-6-4-9-10(13-7(6)2)8(3)11-5-12-9/h4-5H,1-3H3. The molecule has 0 bridgehead atoms. The van der Waals surface area contributed by atoms with Crippen molar-refractivity contribution >= 4 is 11.0 Å². The van der Waals surface area contributed by atoms with Crippen molar-refractivity contribution in [1.29, 1.82) is 0 Å². The minimum Gasteiger partial charge on any atom is -0.249 e. The summed E-state index contributed by atoms with van der Waals surface area (Å²) in [7, 11) is 0. The first-order valence-electron chi connectivity index (χ1n) is 4.24. The molecular formula is C10H11N3. The molecule has 2 rings (SSSR count). The second-order valence-electron chi connectivity index (χ2n) is 3.22. The summed E-state index contributed by atoms with van der Waals surface area (Å²) in [5.41, 5.74) is 4.99. The van der Waals surface area contributed by atoms with E-state index in [9.17, 15) is 0 Å². The van der Waals surface area contributed by atoms with E-state index in [1.807, 2.05) is 26.8 Å². The van der Waals surface area contributed by atoms with Crippen LogP contribution in [-0.4, -0.2) is 15.0 Å². The quantitative estimate of drug-likeness (QED) is 0.611. The van der Waals surface area contributed by atoms with Crippen molar-refractivity contribution in [1.82, 2.24) is 15.0 Å². The van der Waals surface area contributed by atoms with Gasteiger partial charge in [-0.3, -0.25) is 0 Å². The van der Waals surface area contributed by atoms with Gasteiger partial charge < -0.3 is 0 Å². The van der Waals surface area contributed by atoms with Crippen LogP contribution < -0.4 is 0 Å². The van der Waals surface area contributed by atoms with Crippen molar-refractivity contribution in [2.45, 2.75) is 20.8 Å². The Kier molecular flexibility index (Phi) is 1.72. The average Bonchev–Trinajstić information content (AvgIpc) is 2.09. The highest BCUT2D eigenvalue weighted by molar-refractivity contribution is 5.76. The van der Waals surface area contributed by atoms with Gasteiger partial charge in [0.25, 0.3) is 0 Å². The van der Waals surface area contributed by atoms with E-state index < -0.39 is 0 Å². The Morgan fingerprint density at radius 2 is 1.77 bits per heavy atom. The summed E-state index contributed by atoms with van der Waals surface area (Å²) in [6.07, 6.45) is 1.58. The van der Waals surface area contributed by atoms with E-state index in [0.29, 0.717) is 0 Å². The molecule has 2 heterocycles. The number of pyridine rings is 1. The zero-order valence-corrected chi connectivity index (χ0v) is 8.00. The van der Waals surface area contributed by atoms with Gasteiger partial charge in [0, 0.05) is 5.69 Å². The molecule has 0 atom stereocenters. The Bertz CT molecular complexity index is 463. The van der Waals surface area contributed by atoms with E-state index in [2.05, 4.69) is 15.0 Å². The Balaban J connectivity index is 2.89. The second kappa shape index (κ2) is 2.76. The van der Waals surface area contributed by atoms with Crippen molar-refractivity contribution in [3.8, 4) is 0 Å². The highest BCUT2D eigenvalue weighted by Gasteiger charge is 2.02. The molecule has 0 radical (unpaired) electrons. The molecule has 0 spiro atoms. The summed E-state index contributed by atoms with van der Waals surface area (Å²) in [5.74, 6) is 0. The smallest absolute Gasteiger partial charge is 0.116 e. The maximum Gasteiger partial charge on any atom is 0.116 e. The summed E-state index contributed by atoms with van der Waals surface area (Å²) >= 11 is 0. The van der Waals surface area contributed by atoms with E-state index in [1.54, 1.807) is 6.33 Å². The van der Waals surface area contributed by atoms with E-state index in [1.165, 1.54) is 5.56 Å². The van der Waals surface area contributed by atoms with Crippen LogP contribution in [0.3, 0.4) is 0 Å². The molecule has 0 aliphatic heterocycles. The first kappa shape index (κ1) is 8.10. The van der Waals surface area contributed by atoms with Crippen LogP contribution in [0.5, 0.6) is 0 Å². The van der Waals surface area contributed by atoms with Crippen molar-refractivity contribution < 1.29 is 0 Å². The Hall–Kier alpha value is -1.51. The molecule has 13 heavy (non-hydrogen) atoms. The summed E-state index contributed by atoms with van der Waals surface area (Å²) in [6.45, 7) is 5.99. The SMILES string of the molecule is Cc1cc2ncnc(C)c2nc1C. The molecule has 0 fully saturated rings. The fourth-order valence-corrected chi connectivity index (χ4v) is 1.29. The van der Waals surface area contributed by atoms with Crippen LogP contribution in [0.25, 0.3) is 11.0 Å². The lowest BCUT2D eigenvalue weighted by Crippen LogP contribution is -1.94. The fraction of sp³-hybridized carbons (Fsp3) is 0.300. The Labute approximate surface area is 76.9 Å². The highest BCUT2D eigenvalue weighted by Crippen LogP contribution is 2.14. The molecule has 3 heteroatoms. The van der Waals surface area contributed by atoms with Crippen LogP contribution in [0.1, 0.15) is 17.0 Å². The maximum absolute atomic E-state index is 4.45. The monoisotopic (exact) mass is 173 g/mol. The largest absolute Gasteiger partial charge is 0.249 e. The van der Waals surface area contributed by atoms with Gasteiger partial charge in [0.15, 0.2) is 0 Å². The number of rotatable bonds is 0. The maximum atomic E-state index is 4.45. The van der Waals surface area contributed by atoms with Crippen molar-refractivity contribution in [2.75, 3.05) is 0 Å². The number of aryl methyl sites for hydroxylation is 3. The van der Waals surface area contributed by atoms with Crippen molar-refractivity contribution in [2.24, 2.45) is 0 Å². The number of hydrogen-bond donors (Lipinski definition) is 0. The van der Waals surface area contributed by atoms with Crippen molar-refractivity contribution in [3.05, 3.63) is 29.3 Å². The predicted octanol–water partition coefficient (Wildman–Crippen LogP) is 1.95. The molecule has 0 amide bonds. The number of aromatic nitrogens is 3. The van der Waals surface area contributed by atoms with E-state index in [-0.39, 0.29) is 0 Å². The van der Waals surface area contributed by atoms with Gasteiger partial charge in [-0.05, 0) is 32.4 Å². The Morgan fingerprint density at radius 3 is 2.54 bits per heavy atom. The van der Waals surface area contributed by atoms with Gasteiger partial charge in [-0.25, -0.2) is 15.0 Å². The van der Waals surface area contributed by atoms with Crippen LogP contribution in [0.2, 0.25) is 0 Å². The summed E-state index contributed by atoms with van der Waals surface area (Å²) in [6, 6.07) is 2.05. The molecule has 3 nitrogen and oxygen atoms in total. The molecule has 2 aromatic rings. The molecule has 0 aromatic carbocycles. The van der Waals surface area contributed by atoms with Crippen LogP contribution in [0, 0.1) is 20.8 Å². The zero-order valence-electron chi connectivity index (χ0n) is 8.00. The molecule has 0 unspecified atom stereocenters. The zero-order chi connectivity index (χ0) is 9.42. The van der Waals surface area contributed by atoms with Gasteiger partial charge in [0.05, 0.1) is 11.2 Å². The second-order valence-corrected chi connectivity index (χ2v) is 3.22. The summed E-state index contributed by atoms with van der Waals surface area (Å²) in [4.78, 5) is 12.7. The van der Waals surface area contributed by atoms with Gasteiger partial charge in [0.2, 0.25) is 0 Å². The van der Waals surface area contributed by atoms with Crippen LogP contribution in [0.15, 0.2) is 12.4 Å². The molecule has 0 aliphatic rings. The van der Waals surface area contributed by atoms with Gasteiger partial charge in [0.1, 0.15) is 11.8 Å². The van der Waals surface area contributed by atoms with E-state index in [4.69, 9.17) is 0 Å².